The molecule has 0 bridgehead atoms. The van der Waals surface area contributed by atoms with E-state index in [1.54, 1.807) is 6.20 Å². The fraction of sp³-hybridized carbons (Fsp3) is 0.0588. The number of hydrogen-bond donors (Lipinski definition) is 0. The maximum atomic E-state index is 8.98. The lowest BCUT2D eigenvalue weighted by Gasteiger charge is -2.08. The van der Waals surface area contributed by atoms with Gasteiger partial charge in [0.2, 0.25) is 0 Å². The van der Waals surface area contributed by atoms with Gasteiger partial charge in [-0.3, -0.25) is 0 Å². The number of rotatable bonds is 3. The minimum absolute atomic E-state index is 0.677. The van der Waals surface area contributed by atoms with Gasteiger partial charge in [0.25, 0.3) is 0 Å². The molecule has 4 heteroatoms. The number of hydrogen-bond acceptors (Lipinski definition) is 2. The summed E-state index contributed by atoms with van der Waals surface area (Å²) in [5.74, 6) is 0.915. The Labute approximate surface area is 131 Å². The summed E-state index contributed by atoms with van der Waals surface area (Å²) < 4.78 is 3.11. The lowest BCUT2D eigenvalue weighted by molar-refractivity contribution is 0.807. The molecule has 0 spiro atoms. The molecule has 21 heavy (non-hydrogen) atoms. The van der Waals surface area contributed by atoms with E-state index >= 15 is 0 Å². The molecule has 0 saturated heterocycles. The molecule has 0 aliphatic rings. The maximum Gasteiger partial charge on any atom is 0.140 e. The van der Waals surface area contributed by atoms with Crippen molar-refractivity contribution < 1.29 is 0 Å². The van der Waals surface area contributed by atoms with E-state index in [1.807, 2.05) is 54.7 Å². The van der Waals surface area contributed by atoms with Crippen molar-refractivity contribution >= 4 is 15.9 Å². The fourth-order valence-corrected chi connectivity index (χ4v) is 2.66. The lowest BCUT2D eigenvalue weighted by atomic mass is 10.1. The molecular formula is C17H12BrN3. The van der Waals surface area contributed by atoms with E-state index in [2.05, 4.69) is 31.6 Å². The highest BCUT2D eigenvalue weighted by molar-refractivity contribution is 9.10. The van der Waals surface area contributed by atoms with Crippen LogP contribution in [0.2, 0.25) is 0 Å². The zero-order valence-corrected chi connectivity index (χ0v) is 12.8. The Bertz CT molecular complexity index is 815. The second kappa shape index (κ2) is 5.94. The van der Waals surface area contributed by atoms with E-state index in [1.165, 1.54) is 0 Å². The molecule has 0 saturated carbocycles. The summed E-state index contributed by atoms with van der Waals surface area (Å²) in [5.41, 5.74) is 2.82. The Morgan fingerprint density at radius 1 is 1.14 bits per heavy atom. The van der Waals surface area contributed by atoms with Gasteiger partial charge in [-0.05, 0) is 29.8 Å². The van der Waals surface area contributed by atoms with Crippen molar-refractivity contribution in [3.8, 4) is 17.5 Å². The third-order valence-electron chi connectivity index (χ3n) is 3.21. The number of halogens is 1. The van der Waals surface area contributed by atoms with Crippen molar-refractivity contribution in [2.24, 2.45) is 0 Å². The van der Waals surface area contributed by atoms with E-state index in [0.29, 0.717) is 12.1 Å². The van der Waals surface area contributed by atoms with Crippen LogP contribution in [0.3, 0.4) is 0 Å². The fourth-order valence-electron chi connectivity index (χ4n) is 2.26. The van der Waals surface area contributed by atoms with E-state index in [0.717, 1.165) is 21.4 Å². The van der Waals surface area contributed by atoms with E-state index in [9.17, 15) is 0 Å². The molecule has 0 aliphatic carbocycles. The molecule has 102 valence electrons. The molecule has 0 fully saturated rings. The number of nitrogens with zero attached hydrogens (tertiary/aromatic N) is 3. The Kier molecular flexibility index (Phi) is 3.85. The van der Waals surface area contributed by atoms with Gasteiger partial charge < -0.3 is 4.57 Å². The van der Waals surface area contributed by atoms with Crippen molar-refractivity contribution in [1.82, 2.24) is 9.55 Å². The quantitative estimate of drug-likeness (QED) is 0.717. The van der Waals surface area contributed by atoms with Gasteiger partial charge in [-0.15, -0.1) is 0 Å². The van der Waals surface area contributed by atoms with Gasteiger partial charge in [-0.1, -0.05) is 40.2 Å². The van der Waals surface area contributed by atoms with Gasteiger partial charge in [0.1, 0.15) is 5.82 Å². The van der Waals surface area contributed by atoms with Crippen LogP contribution in [0.25, 0.3) is 11.4 Å². The van der Waals surface area contributed by atoms with Gasteiger partial charge in [0, 0.05) is 29.0 Å². The summed E-state index contributed by atoms with van der Waals surface area (Å²) in [6, 6.07) is 17.9. The molecule has 0 radical (unpaired) electrons. The standard InChI is InChI=1S/C17H12BrN3/c18-16-6-2-5-15(10-16)17-20-7-8-21(17)12-14-4-1-3-13(9-14)11-19/h1-10H,12H2. The zero-order chi connectivity index (χ0) is 14.7. The topological polar surface area (TPSA) is 41.6 Å². The summed E-state index contributed by atoms with van der Waals surface area (Å²) in [6.07, 6.45) is 3.75. The largest absolute Gasteiger partial charge is 0.327 e. The minimum atomic E-state index is 0.677. The Hall–Kier alpha value is -2.38. The molecule has 0 amide bonds. The number of nitriles is 1. The van der Waals surface area contributed by atoms with Crippen LogP contribution in [0.15, 0.2) is 65.4 Å². The average Bonchev–Trinajstić information content (AvgIpc) is 2.95. The zero-order valence-electron chi connectivity index (χ0n) is 11.2. The Morgan fingerprint density at radius 2 is 2.00 bits per heavy atom. The van der Waals surface area contributed by atoms with E-state index in [-0.39, 0.29) is 0 Å². The van der Waals surface area contributed by atoms with Crippen LogP contribution in [0, 0.1) is 11.3 Å². The first-order valence-electron chi connectivity index (χ1n) is 6.52. The van der Waals surface area contributed by atoms with Crippen molar-refractivity contribution in [3.63, 3.8) is 0 Å². The van der Waals surface area contributed by atoms with Crippen molar-refractivity contribution in [3.05, 3.63) is 76.5 Å². The highest BCUT2D eigenvalue weighted by Gasteiger charge is 2.07. The van der Waals surface area contributed by atoms with Crippen LogP contribution in [-0.4, -0.2) is 9.55 Å². The van der Waals surface area contributed by atoms with Gasteiger partial charge in [0.05, 0.1) is 11.6 Å². The maximum absolute atomic E-state index is 8.98. The van der Waals surface area contributed by atoms with Gasteiger partial charge in [0.15, 0.2) is 0 Å². The molecule has 0 unspecified atom stereocenters. The molecule has 0 N–H and O–H groups in total. The van der Waals surface area contributed by atoms with Crippen LogP contribution in [0.4, 0.5) is 0 Å². The molecular weight excluding hydrogens is 326 g/mol. The van der Waals surface area contributed by atoms with E-state index < -0.39 is 0 Å². The average molecular weight is 338 g/mol. The van der Waals surface area contributed by atoms with Crippen LogP contribution >= 0.6 is 15.9 Å². The summed E-state index contributed by atoms with van der Waals surface area (Å²) >= 11 is 3.48. The first kappa shape index (κ1) is 13.6. The Morgan fingerprint density at radius 3 is 2.81 bits per heavy atom. The Balaban J connectivity index is 1.94. The first-order valence-corrected chi connectivity index (χ1v) is 7.32. The summed E-state index contributed by atoms with van der Waals surface area (Å²) in [6.45, 7) is 0.692. The van der Waals surface area contributed by atoms with Crippen LogP contribution in [-0.2, 0) is 6.54 Å². The third kappa shape index (κ3) is 3.04. The highest BCUT2D eigenvalue weighted by Crippen LogP contribution is 2.22. The molecule has 3 rings (SSSR count). The molecule has 3 nitrogen and oxygen atoms in total. The minimum Gasteiger partial charge on any atom is -0.327 e. The van der Waals surface area contributed by atoms with Crippen LogP contribution in [0.1, 0.15) is 11.1 Å². The van der Waals surface area contributed by atoms with Crippen LogP contribution < -0.4 is 0 Å². The predicted octanol–water partition coefficient (Wildman–Crippen LogP) is 4.23. The number of imidazole rings is 1. The van der Waals surface area contributed by atoms with Gasteiger partial charge in [-0.25, -0.2) is 4.98 Å². The molecule has 1 heterocycles. The summed E-state index contributed by atoms with van der Waals surface area (Å²) in [5, 5.41) is 8.98. The molecule has 3 aromatic rings. The third-order valence-corrected chi connectivity index (χ3v) is 3.70. The SMILES string of the molecule is N#Cc1cccc(Cn2ccnc2-c2cccc(Br)c2)c1. The molecule has 2 aromatic carbocycles. The summed E-state index contributed by atoms with van der Waals surface area (Å²) in [7, 11) is 0. The number of benzene rings is 2. The second-order valence-electron chi connectivity index (χ2n) is 4.70. The number of aromatic nitrogens is 2. The highest BCUT2D eigenvalue weighted by atomic mass is 79.9. The normalized spacial score (nSPS) is 10.3. The van der Waals surface area contributed by atoms with Gasteiger partial charge >= 0.3 is 0 Å². The van der Waals surface area contributed by atoms with Crippen molar-refractivity contribution in [2.75, 3.05) is 0 Å². The second-order valence-corrected chi connectivity index (χ2v) is 5.62. The van der Waals surface area contributed by atoms with E-state index in [4.69, 9.17) is 5.26 Å². The lowest BCUT2D eigenvalue weighted by Crippen LogP contribution is -2.01. The van der Waals surface area contributed by atoms with Crippen molar-refractivity contribution in [1.29, 1.82) is 5.26 Å². The predicted molar refractivity (Wildman–Crippen MR) is 85.6 cm³/mol. The summed E-state index contributed by atoms with van der Waals surface area (Å²) in [4.78, 5) is 4.44. The monoisotopic (exact) mass is 337 g/mol. The molecule has 1 aromatic heterocycles. The molecule has 0 atom stereocenters. The molecule has 0 aliphatic heterocycles. The van der Waals surface area contributed by atoms with Gasteiger partial charge in [-0.2, -0.15) is 5.26 Å². The van der Waals surface area contributed by atoms with Crippen LogP contribution in [0.5, 0.6) is 0 Å². The van der Waals surface area contributed by atoms with Crippen molar-refractivity contribution in [2.45, 2.75) is 6.54 Å². The smallest absolute Gasteiger partial charge is 0.140 e. The first-order chi connectivity index (χ1) is 10.3.